The molecule has 0 spiro atoms. The third-order valence-corrected chi connectivity index (χ3v) is 5.76. The van der Waals surface area contributed by atoms with Crippen LogP contribution in [0.5, 0.6) is 5.75 Å². The molecule has 0 saturated heterocycles. The number of aromatic nitrogens is 2. The molecule has 9 heteroatoms. The van der Waals surface area contributed by atoms with E-state index in [1.807, 2.05) is 6.92 Å². The SMILES string of the molecule is CCc1ccc(OC(=O)c2nc(S(=O)(=O)Cc3ccccc3F)ncc2Cl)cc1. The lowest BCUT2D eigenvalue weighted by molar-refractivity contribution is 0.0727. The van der Waals surface area contributed by atoms with E-state index in [-0.39, 0.29) is 16.3 Å². The Morgan fingerprint density at radius 1 is 1.14 bits per heavy atom. The van der Waals surface area contributed by atoms with Crippen LogP contribution in [0.1, 0.15) is 28.5 Å². The molecular formula is C20H16ClFN2O4S. The molecule has 2 aromatic carbocycles. The van der Waals surface area contributed by atoms with Crippen LogP contribution in [0.15, 0.2) is 59.9 Å². The minimum atomic E-state index is -4.12. The molecule has 6 nitrogen and oxygen atoms in total. The first-order chi connectivity index (χ1) is 13.8. The van der Waals surface area contributed by atoms with Gasteiger partial charge in [-0.3, -0.25) is 0 Å². The van der Waals surface area contributed by atoms with Gasteiger partial charge in [-0.25, -0.2) is 27.6 Å². The molecule has 0 aliphatic rings. The van der Waals surface area contributed by atoms with E-state index < -0.39 is 38.2 Å². The van der Waals surface area contributed by atoms with Gasteiger partial charge in [0.1, 0.15) is 11.6 Å². The van der Waals surface area contributed by atoms with Crippen LogP contribution in [0.4, 0.5) is 4.39 Å². The first kappa shape index (κ1) is 20.9. The Kier molecular flexibility index (Phi) is 6.24. The summed E-state index contributed by atoms with van der Waals surface area (Å²) in [7, 11) is -4.12. The molecule has 150 valence electrons. The number of nitrogens with zero attached hydrogens (tertiary/aromatic N) is 2. The molecule has 0 aliphatic carbocycles. The normalized spacial score (nSPS) is 11.3. The summed E-state index contributed by atoms with van der Waals surface area (Å²) in [6.07, 6.45) is 1.83. The Balaban J connectivity index is 1.86. The van der Waals surface area contributed by atoms with Crippen molar-refractivity contribution in [3.8, 4) is 5.75 Å². The van der Waals surface area contributed by atoms with Crippen molar-refractivity contribution in [2.45, 2.75) is 24.3 Å². The second kappa shape index (κ2) is 8.67. The van der Waals surface area contributed by atoms with Crippen LogP contribution in [0.2, 0.25) is 5.02 Å². The van der Waals surface area contributed by atoms with Gasteiger partial charge >= 0.3 is 5.97 Å². The summed E-state index contributed by atoms with van der Waals surface area (Å²) in [5.41, 5.74) is 0.630. The van der Waals surface area contributed by atoms with Crippen molar-refractivity contribution >= 4 is 27.4 Å². The Labute approximate surface area is 172 Å². The predicted octanol–water partition coefficient (Wildman–Crippen LogP) is 4.02. The highest BCUT2D eigenvalue weighted by Gasteiger charge is 2.25. The number of carbonyl (C=O) groups is 1. The fourth-order valence-corrected chi connectivity index (χ4v) is 3.86. The van der Waals surface area contributed by atoms with Crippen LogP contribution in [-0.2, 0) is 22.0 Å². The van der Waals surface area contributed by atoms with Crippen molar-refractivity contribution in [2.24, 2.45) is 0 Å². The summed E-state index contributed by atoms with van der Waals surface area (Å²) in [4.78, 5) is 19.9. The first-order valence-electron chi connectivity index (χ1n) is 8.60. The smallest absolute Gasteiger partial charge is 0.364 e. The van der Waals surface area contributed by atoms with E-state index in [2.05, 4.69) is 9.97 Å². The predicted molar refractivity (Wildman–Crippen MR) is 105 cm³/mol. The number of halogens is 2. The summed E-state index contributed by atoms with van der Waals surface area (Å²) in [5, 5.41) is -0.802. The molecule has 3 rings (SSSR count). The van der Waals surface area contributed by atoms with Crippen LogP contribution in [0.3, 0.4) is 0 Å². The summed E-state index contributed by atoms with van der Waals surface area (Å²) >= 11 is 5.96. The average Bonchev–Trinajstić information content (AvgIpc) is 2.70. The number of aryl methyl sites for hydroxylation is 1. The lowest BCUT2D eigenvalue weighted by atomic mass is 10.2. The number of benzene rings is 2. The van der Waals surface area contributed by atoms with E-state index in [4.69, 9.17) is 16.3 Å². The van der Waals surface area contributed by atoms with Gasteiger partial charge in [-0.15, -0.1) is 0 Å². The molecule has 0 unspecified atom stereocenters. The molecule has 0 radical (unpaired) electrons. The van der Waals surface area contributed by atoms with Gasteiger partial charge in [-0.05, 0) is 30.2 Å². The van der Waals surface area contributed by atoms with Crippen molar-refractivity contribution in [3.63, 3.8) is 0 Å². The summed E-state index contributed by atoms with van der Waals surface area (Å²) in [6.45, 7) is 1.99. The largest absolute Gasteiger partial charge is 0.422 e. The van der Waals surface area contributed by atoms with Crippen molar-refractivity contribution in [2.75, 3.05) is 0 Å². The number of hydrogen-bond donors (Lipinski definition) is 0. The molecule has 1 heterocycles. The van der Waals surface area contributed by atoms with E-state index in [1.54, 1.807) is 24.3 Å². The number of carbonyl (C=O) groups excluding carboxylic acids is 1. The maximum Gasteiger partial charge on any atom is 0.364 e. The zero-order chi connectivity index (χ0) is 21.0. The van der Waals surface area contributed by atoms with Crippen molar-refractivity contribution in [1.82, 2.24) is 9.97 Å². The number of sulfone groups is 1. The van der Waals surface area contributed by atoms with Crippen LogP contribution >= 0.6 is 11.6 Å². The van der Waals surface area contributed by atoms with E-state index in [9.17, 15) is 17.6 Å². The first-order valence-corrected chi connectivity index (χ1v) is 10.6. The summed E-state index contributed by atoms with van der Waals surface area (Å²) in [5.74, 6) is -1.99. The number of rotatable bonds is 6. The minimum absolute atomic E-state index is 0.0359. The van der Waals surface area contributed by atoms with E-state index >= 15 is 0 Å². The second-order valence-electron chi connectivity index (χ2n) is 6.09. The van der Waals surface area contributed by atoms with Gasteiger partial charge in [-0.1, -0.05) is 48.9 Å². The molecule has 0 N–H and O–H groups in total. The zero-order valence-corrected chi connectivity index (χ0v) is 16.9. The quantitative estimate of drug-likeness (QED) is 0.331. The van der Waals surface area contributed by atoms with Gasteiger partial charge in [0.05, 0.1) is 17.0 Å². The van der Waals surface area contributed by atoms with Crippen LogP contribution in [-0.4, -0.2) is 24.4 Å². The fraction of sp³-hybridized carbons (Fsp3) is 0.150. The Bertz CT molecular complexity index is 1150. The number of esters is 1. The molecule has 0 bridgehead atoms. The monoisotopic (exact) mass is 434 g/mol. The standard InChI is InChI=1S/C20H16ClFN2O4S/c1-2-13-7-9-15(10-8-13)28-19(25)18-16(21)11-23-20(24-18)29(26,27)12-14-5-3-4-6-17(14)22/h3-11H,2,12H2,1H3. The van der Waals surface area contributed by atoms with Gasteiger partial charge in [-0.2, -0.15) is 0 Å². The van der Waals surface area contributed by atoms with Gasteiger partial charge in [0.15, 0.2) is 5.69 Å². The lowest BCUT2D eigenvalue weighted by Gasteiger charge is -2.08. The van der Waals surface area contributed by atoms with Crippen molar-refractivity contribution in [1.29, 1.82) is 0 Å². The third-order valence-electron chi connectivity index (χ3n) is 4.04. The Morgan fingerprint density at radius 2 is 1.83 bits per heavy atom. The van der Waals surface area contributed by atoms with Crippen LogP contribution in [0, 0.1) is 5.82 Å². The second-order valence-corrected chi connectivity index (χ2v) is 8.38. The molecular weight excluding hydrogens is 419 g/mol. The fourth-order valence-electron chi connectivity index (χ4n) is 2.48. The van der Waals surface area contributed by atoms with Crippen molar-refractivity contribution < 1.29 is 22.3 Å². The highest BCUT2D eigenvalue weighted by atomic mass is 35.5. The summed E-state index contributed by atoms with van der Waals surface area (Å²) < 4.78 is 44.2. The molecule has 1 aromatic heterocycles. The van der Waals surface area contributed by atoms with Gasteiger partial charge in [0.2, 0.25) is 15.0 Å². The molecule has 0 amide bonds. The van der Waals surface area contributed by atoms with E-state index in [0.717, 1.165) is 24.2 Å². The van der Waals surface area contributed by atoms with Crippen LogP contribution < -0.4 is 4.74 Å². The van der Waals surface area contributed by atoms with Gasteiger partial charge < -0.3 is 4.74 Å². The van der Waals surface area contributed by atoms with E-state index in [0.29, 0.717) is 0 Å². The molecule has 0 aliphatic heterocycles. The van der Waals surface area contributed by atoms with Crippen molar-refractivity contribution in [3.05, 3.63) is 82.4 Å². The highest BCUT2D eigenvalue weighted by Crippen LogP contribution is 2.21. The van der Waals surface area contributed by atoms with Gasteiger partial charge in [0, 0.05) is 5.56 Å². The Morgan fingerprint density at radius 3 is 2.48 bits per heavy atom. The third kappa shape index (κ3) is 4.96. The minimum Gasteiger partial charge on any atom is -0.422 e. The topological polar surface area (TPSA) is 86.2 Å². The van der Waals surface area contributed by atoms with Gasteiger partial charge in [0.25, 0.3) is 0 Å². The maximum atomic E-state index is 13.8. The highest BCUT2D eigenvalue weighted by molar-refractivity contribution is 7.90. The average molecular weight is 435 g/mol. The molecule has 0 atom stereocenters. The summed E-state index contributed by atoms with van der Waals surface area (Å²) in [6, 6.07) is 12.3. The molecule has 3 aromatic rings. The lowest BCUT2D eigenvalue weighted by Crippen LogP contribution is -2.16. The zero-order valence-electron chi connectivity index (χ0n) is 15.3. The maximum absolute atomic E-state index is 13.8. The Hall–Kier alpha value is -2.84. The number of ether oxygens (including phenoxy) is 1. The molecule has 0 fully saturated rings. The molecule has 29 heavy (non-hydrogen) atoms. The molecule has 0 saturated carbocycles. The van der Waals surface area contributed by atoms with E-state index in [1.165, 1.54) is 18.2 Å². The van der Waals surface area contributed by atoms with Crippen LogP contribution in [0.25, 0.3) is 0 Å². The number of hydrogen-bond acceptors (Lipinski definition) is 6.